The number of anilines is 4. The fourth-order valence-electron chi connectivity index (χ4n) is 4.76. The molecule has 0 saturated carbocycles. The highest BCUT2D eigenvalue weighted by molar-refractivity contribution is 5.96. The zero-order chi connectivity index (χ0) is 23.8. The number of phenols is 1. The Morgan fingerprint density at radius 3 is 1.91 bits per heavy atom. The first-order chi connectivity index (χ1) is 16.4. The number of hydrogen-bond acceptors (Lipinski definition) is 12. The van der Waals surface area contributed by atoms with Crippen molar-refractivity contribution in [1.82, 2.24) is 19.9 Å². The number of nitrogens with two attached hydrogens (primary N) is 4. The van der Waals surface area contributed by atoms with Crippen LogP contribution in [-0.2, 0) is 0 Å². The topological polar surface area (TPSA) is 194 Å². The molecule has 2 aliphatic rings. The molecule has 4 atom stereocenters. The molecule has 0 radical (unpaired) electrons. The molecule has 1 aromatic carbocycles. The highest BCUT2D eigenvalue weighted by Gasteiger charge is 2.28. The Morgan fingerprint density at radius 1 is 0.794 bits per heavy atom. The Labute approximate surface area is 197 Å². The van der Waals surface area contributed by atoms with Gasteiger partial charge in [0.15, 0.2) is 0 Å². The Hall–Kier alpha value is -3.32. The Morgan fingerprint density at radius 2 is 1.35 bits per heavy atom. The molecule has 2 aromatic heterocycles. The van der Waals surface area contributed by atoms with Gasteiger partial charge in [-0.15, -0.1) is 0 Å². The summed E-state index contributed by atoms with van der Waals surface area (Å²) in [6, 6.07) is 6.78. The third-order valence-electron chi connectivity index (χ3n) is 6.20. The number of aromatic nitrogens is 4. The van der Waals surface area contributed by atoms with Gasteiger partial charge in [0.1, 0.15) is 11.3 Å². The van der Waals surface area contributed by atoms with Crippen molar-refractivity contribution >= 4 is 34.4 Å². The number of rotatable bonds is 4. The van der Waals surface area contributed by atoms with Crippen LogP contribution in [0.5, 0.6) is 5.75 Å². The lowest BCUT2D eigenvalue weighted by molar-refractivity contribution is 0.441. The number of phenolic OH excluding ortho intramolecular Hbond substituents is 1. The van der Waals surface area contributed by atoms with E-state index in [0.29, 0.717) is 55.2 Å². The van der Waals surface area contributed by atoms with Gasteiger partial charge in [-0.2, -0.15) is 15.0 Å². The molecule has 3 aromatic rings. The van der Waals surface area contributed by atoms with E-state index in [1.807, 2.05) is 21.9 Å². The van der Waals surface area contributed by atoms with E-state index in [1.165, 1.54) is 0 Å². The van der Waals surface area contributed by atoms with Crippen molar-refractivity contribution in [3.8, 4) is 5.75 Å². The third-order valence-corrected chi connectivity index (χ3v) is 6.20. The summed E-state index contributed by atoms with van der Waals surface area (Å²) < 4.78 is 0. The fraction of sp³-hybridized carbons (Fsp3) is 0.455. The molecular weight excluding hydrogens is 434 g/mol. The highest BCUT2D eigenvalue weighted by atomic mass is 16.3. The summed E-state index contributed by atoms with van der Waals surface area (Å²) in [4.78, 5) is 22.4. The van der Waals surface area contributed by atoms with E-state index in [4.69, 9.17) is 37.9 Å². The van der Waals surface area contributed by atoms with Crippen molar-refractivity contribution in [3.63, 3.8) is 0 Å². The van der Waals surface area contributed by atoms with E-state index in [2.05, 4.69) is 10.3 Å². The lowest BCUT2D eigenvalue weighted by Gasteiger charge is -2.37. The maximum atomic E-state index is 10.2. The smallest absolute Gasteiger partial charge is 0.233 e. The molecule has 2 fully saturated rings. The van der Waals surface area contributed by atoms with Gasteiger partial charge in [-0.05, 0) is 37.1 Å². The minimum Gasteiger partial charge on any atom is -0.506 e. The van der Waals surface area contributed by atoms with E-state index in [-0.39, 0.29) is 29.9 Å². The molecule has 10 N–H and O–H groups in total. The van der Waals surface area contributed by atoms with Crippen molar-refractivity contribution in [3.05, 3.63) is 30.5 Å². The molecular formula is C22H31N11O. The summed E-state index contributed by atoms with van der Waals surface area (Å²) in [7, 11) is 0. The van der Waals surface area contributed by atoms with E-state index in [0.717, 1.165) is 18.2 Å². The predicted molar refractivity (Wildman–Crippen MR) is 132 cm³/mol. The summed E-state index contributed by atoms with van der Waals surface area (Å²) in [6.07, 6.45) is 3.14. The second-order valence-corrected chi connectivity index (χ2v) is 9.24. The Kier molecular flexibility index (Phi) is 6.04. The molecule has 34 heavy (non-hydrogen) atoms. The zero-order valence-electron chi connectivity index (χ0n) is 18.9. The monoisotopic (exact) mass is 465 g/mol. The number of nitrogens with zero attached hydrogens (tertiary/aromatic N) is 6. The van der Waals surface area contributed by atoms with Gasteiger partial charge >= 0.3 is 0 Å². The van der Waals surface area contributed by atoms with Gasteiger partial charge < -0.3 is 43.2 Å². The van der Waals surface area contributed by atoms with Crippen LogP contribution in [0.3, 0.4) is 0 Å². The van der Waals surface area contributed by atoms with Crippen molar-refractivity contribution in [2.24, 2.45) is 22.9 Å². The number of benzene rings is 1. The zero-order valence-corrected chi connectivity index (χ0v) is 18.9. The van der Waals surface area contributed by atoms with Crippen molar-refractivity contribution in [1.29, 1.82) is 0 Å². The summed E-state index contributed by atoms with van der Waals surface area (Å²) in [5.74, 6) is 1.45. The molecule has 2 aliphatic heterocycles. The van der Waals surface area contributed by atoms with Crippen LogP contribution in [0.4, 0.5) is 23.5 Å². The van der Waals surface area contributed by atoms with E-state index in [1.54, 1.807) is 18.3 Å². The van der Waals surface area contributed by atoms with Crippen LogP contribution in [0.2, 0.25) is 0 Å². The quantitative estimate of drug-likeness (QED) is 0.273. The molecule has 180 valence electrons. The van der Waals surface area contributed by atoms with Gasteiger partial charge in [0.05, 0.1) is 5.69 Å². The number of fused-ring (bicyclic) bond motifs is 1. The molecule has 4 heterocycles. The largest absolute Gasteiger partial charge is 0.506 e. The lowest BCUT2D eigenvalue weighted by Crippen LogP contribution is -2.54. The van der Waals surface area contributed by atoms with Gasteiger partial charge in [-0.25, -0.2) is 0 Å². The predicted octanol–water partition coefficient (Wildman–Crippen LogP) is -0.402. The Bertz CT molecular complexity index is 1110. The van der Waals surface area contributed by atoms with Gasteiger partial charge in [0, 0.05) is 61.9 Å². The van der Waals surface area contributed by atoms with Gasteiger partial charge in [-0.3, -0.25) is 4.98 Å². The number of hydrogen-bond donors (Lipinski definition) is 6. The van der Waals surface area contributed by atoms with Crippen molar-refractivity contribution < 1.29 is 5.11 Å². The number of nitrogens with one attached hydrogen (secondary N) is 1. The second kappa shape index (κ2) is 9.14. The summed E-state index contributed by atoms with van der Waals surface area (Å²) in [5, 5.41) is 14.2. The normalized spacial score (nSPS) is 25.5. The average Bonchev–Trinajstić information content (AvgIpc) is 2.80. The molecule has 0 amide bonds. The average molecular weight is 466 g/mol. The van der Waals surface area contributed by atoms with Crippen LogP contribution in [0.25, 0.3) is 10.9 Å². The van der Waals surface area contributed by atoms with Crippen LogP contribution < -0.4 is 38.1 Å². The second-order valence-electron chi connectivity index (χ2n) is 9.24. The number of piperidine rings is 2. The van der Waals surface area contributed by atoms with Gasteiger partial charge in [0.25, 0.3) is 0 Å². The first-order valence-corrected chi connectivity index (χ1v) is 11.5. The first kappa shape index (κ1) is 22.5. The molecule has 5 rings (SSSR count). The summed E-state index contributed by atoms with van der Waals surface area (Å²) in [6.45, 7) is 2.40. The van der Waals surface area contributed by atoms with Crippen LogP contribution in [0.1, 0.15) is 12.8 Å². The maximum absolute atomic E-state index is 10.2. The standard InChI is InChI=1S/C22H31N11O/c23-12-6-13(24)9-32(8-12)21-29-20(30-22(31-21)33-10-14(25)7-15(26)11-33)28-17-3-4-18(34)19-16(17)2-1-5-27-19/h1-5,12-15,34H,6-11,23-26H2,(H,28,29,30,31). The third kappa shape index (κ3) is 4.66. The van der Waals surface area contributed by atoms with Crippen LogP contribution >= 0.6 is 0 Å². The molecule has 2 saturated heterocycles. The van der Waals surface area contributed by atoms with Crippen molar-refractivity contribution in [2.45, 2.75) is 37.0 Å². The van der Waals surface area contributed by atoms with Crippen LogP contribution in [0, 0.1) is 0 Å². The molecule has 4 unspecified atom stereocenters. The van der Waals surface area contributed by atoms with Crippen molar-refractivity contribution in [2.75, 3.05) is 41.3 Å². The first-order valence-electron chi connectivity index (χ1n) is 11.5. The highest BCUT2D eigenvalue weighted by Crippen LogP contribution is 2.31. The van der Waals surface area contributed by atoms with E-state index in [9.17, 15) is 5.11 Å². The van der Waals surface area contributed by atoms with E-state index >= 15 is 0 Å². The number of pyridine rings is 1. The molecule has 0 aliphatic carbocycles. The minimum atomic E-state index is -0.0654. The molecule has 0 bridgehead atoms. The lowest BCUT2D eigenvalue weighted by atomic mass is 10.0. The summed E-state index contributed by atoms with van der Waals surface area (Å²) in [5.41, 5.74) is 26.1. The molecule has 0 spiro atoms. The fourth-order valence-corrected chi connectivity index (χ4v) is 4.76. The molecule has 12 nitrogen and oxygen atoms in total. The molecule has 12 heteroatoms. The summed E-state index contributed by atoms with van der Waals surface area (Å²) >= 11 is 0. The van der Waals surface area contributed by atoms with Gasteiger partial charge in [-0.1, -0.05) is 0 Å². The number of aromatic hydroxyl groups is 1. The maximum Gasteiger partial charge on any atom is 0.233 e. The van der Waals surface area contributed by atoms with E-state index < -0.39 is 0 Å². The Balaban J connectivity index is 1.54. The van der Waals surface area contributed by atoms with Crippen LogP contribution in [-0.4, -0.2) is 75.4 Å². The SMILES string of the molecule is NC1CC(N)CN(c2nc(Nc3ccc(O)c4ncccc34)nc(N3CC(N)CC(N)C3)n2)C1. The van der Waals surface area contributed by atoms with Gasteiger partial charge in [0.2, 0.25) is 17.8 Å². The van der Waals surface area contributed by atoms with Crippen LogP contribution in [0.15, 0.2) is 30.5 Å². The minimum absolute atomic E-state index is 0.0654.